The summed E-state index contributed by atoms with van der Waals surface area (Å²) in [5.74, 6) is 0.580. The molecular weight excluding hydrogens is 459 g/mol. The lowest BCUT2D eigenvalue weighted by atomic mass is 9.85. The van der Waals surface area contributed by atoms with Crippen molar-refractivity contribution in [3.8, 4) is 0 Å². The molecule has 0 atom stereocenters. The molecule has 1 aromatic rings. The molecule has 2 aliphatic heterocycles. The fraction of sp³-hybridized carbons (Fsp3) is 0.550. The van der Waals surface area contributed by atoms with Gasteiger partial charge in [0.15, 0.2) is 28.8 Å². The Balaban J connectivity index is 2.17. The van der Waals surface area contributed by atoms with Crippen molar-refractivity contribution in [2.24, 2.45) is 0 Å². The van der Waals surface area contributed by atoms with E-state index in [9.17, 15) is 4.79 Å². The predicted octanol–water partition coefficient (Wildman–Crippen LogP) is 3.88. The highest BCUT2D eigenvalue weighted by molar-refractivity contribution is 14.1. The minimum absolute atomic E-state index is 0.121. The summed E-state index contributed by atoms with van der Waals surface area (Å²) >= 11 is 1.90. The Labute approximate surface area is 175 Å². The zero-order valence-electron chi connectivity index (χ0n) is 16.6. The lowest BCUT2D eigenvalue weighted by Crippen LogP contribution is -2.54. The SMILES string of the molecule is CCON1C(=O)C(c2c(C)cc(C)cc2C)=C(OI)C12CCN(OC)CC2. The molecule has 27 heavy (non-hydrogen) atoms. The van der Waals surface area contributed by atoms with Crippen LogP contribution < -0.4 is 0 Å². The van der Waals surface area contributed by atoms with Crippen LogP contribution in [0.2, 0.25) is 0 Å². The quantitative estimate of drug-likeness (QED) is 0.592. The van der Waals surface area contributed by atoms with Crippen molar-refractivity contribution in [1.82, 2.24) is 10.1 Å². The maximum absolute atomic E-state index is 13.5. The van der Waals surface area contributed by atoms with Gasteiger partial charge < -0.3 is 7.90 Å². The number of carbonyl (C=O) groups excluding carboxylic acids is 1. The number of hydrogen-bond donors (Lipinski definition) is 0. The van der Waals surface area contributed by atoms with E-state index in [4.69, 9.17) is 12.7 Å². The molecule has 0 aromatic heterocycles. The van der Waals surface area contributed by atoms with Crippen LogP contribution in [0.25, 0.3) is 5.57 Å². The number of benzene rings is 1. The fourth-order valence-electron chi connectivity index (χ4n) is 4.40. The molecule has 6 nitrogen and oxygen atoms in total. The van der Waals surface area contributed by atoms with Crippen LogP contribution in [0.15, 0.2) is 17.9 Å². The van der Waals surface area contributed by atoms with Crippen LogP contribution in [0.5, 0.6) is 0 Å². The highest BCUT2D eigenvalue weighted by Gasteiger charge is 2.56. The largest absolute Gasteiger partial charge is 0.429 e. The van der Waals surface area contributed by atoms with Crippen molar-refractivity contribution < 1.29 is 17.5 Å². The Morgan fingerprint density at radius 2 is 1.74 bits per heavy atom. The molecule has 2 aliphatic rings. The number of hydrogen-bond acceptors (Lipinski definition) is 5. The highest BCUT2D eigenvalue weighted by Crippen LogP contribution is 2.48. The van der Waals surface area contributed by atoms with E-state index in [1.165, 1.54) is 5.56 Å². The van der Waals surface area contributed by atoms with Crippen LogP contribution in [0.4, 0.5) is 0 Å². The molecule has 1 aromatic carbocycles. The monoisotopic (exact) mass is 486 g/mol. The van der Waals surface area contributed by atoms with E-state index in [2.05, 4.69) is 19.1 Å². The van der Waals surface area contributed by atoms with Crippen molar-refractivity contribution in [2.45, 2.75) is 46.1 Å². The summed E-state index contributed by atoms with van der Waals surface area (Å²) in [5, 5.41) is 3.47. The van der Waals surface area contributed by atoms with E-state index >= 15 is 0 Å². The molecule has 7 heteroatoms. The Morgan fingerprint density at radius 1 is 1.15 bits per heavy atom. The summed E-state index contributed by atoms with van der Waals surface area (Å²) in [6.45, 7) is 9.89. The molecule has 2 heterocycles. The van der Waals surface area contributed by atoms with Gasteiger partial charge in [-0.3, -0.25) is 9.63 Å². The van der Waals surface area contributed by atoms with E-state index < -0.39 is 5.54 Å². The zero-order chi connectivity index (χ0) is 19.8. The third-order valence-corrected chi connectivity index (χ3v) is 5.95. The molecular formula is C20H27IN2O4. The second kappa shape index (κ2) is 8.06. The Morgan fingerprint density at radius 3 is 2.22 bits per heavy atom. The van der Waals surface area contributed by atoms with Gasteiger partial charge in [0.25, 0.3) is 5.91 Å². The summed E-state index contributed by atoms with van der Waals surface area (Å²) in [7, 11) is 1.67. The van der Waals surface area contributed by atoms with Gasteiger partial charge in [0.2, 0.25) is 0 Å². The number of aryl methyl sites for hydroxylation is 3. The van der Waals surface area contributed by atoms with Gasteiger partial charge in [-0.15, -0.1) is 0 Å². The number of piperidine rings is 1. The summed E-state index contributed by atoms with van der Waals surface area (Å²) in [5.41, 5.74) is 4.31. The molecule has 148 valence electrons. The third kappa shape index (κ3) is 3.39. The lowest BCUT2D eigenvalue weighted by Gasteiger charge is -2.43. The van der Waals surface area contributed by atoms with E-state index in [0.717, 1.165) is 16.7 Å². The maximum Gasteiger partial charge on any atom is 0.282 e. The van der Waals surface area contributed by atoms with Crippen molar-refractivity contribution >= 4 is 34.5 Å². The van der Waals surface area contributed by atoms with Crippen LogP contribution in [0, 0.1) is 20.8 Å². The normalized spacial score (nSPS) is 20.1. The first-order valence-electron chi connectivity index (χ1n) is 9.27. The molecule has 1 saturated heterocycles. The van der Waals surface area contributed by atoms with Crippen molar-refractivity contribution in [2.75, 3.05) is 26.8 Å². The first-order valence-corrected chi connectivity index (χ1v) is 10.2. The van der Waals surface area contributed by atoms with Gasteiger partial charge in [0, 0.05) is 13.1 Å². The molecule has 1 amide bonds. The molecule has 1 spiro atoms. The summed E-state index contributed by atoms with van der Waals surface area (Å²) in [6, 6.07) is 4.22. The lowest BCUT2D eigenvalue weighted by molar-refractivity contribution is -0.229. The van der Waals surface area contributed by atoms with Gasteiger partial charge in [-0.2, -0.15) is 5.06 Å². The van der Waals surface area contributed by atoms with Gasteiger partial charge in [-0.05, 0) is 57.2 Å². The number of nitrogens with zero attached hydrogens (tertiary/aromatic N) is 2. The Hall–Kier alpha value is -1.16. The van der Waals surface area contributed by atoms with Gasteiger partial charge in [-0.25, -0.2) is 5.06 Å². The van der Waals surface area contributed by atoms with E-state index in [-0.39, 0.29) is 5.91 Å². The standard InChI is InChI=1S/C20H27IN2O4/c1-6-26-23-19(24)17(16-14(3)11-13(2)12-15(16)4)18(27-21)20(23)7-9-22(25-5)10-8-20/h11-12H,6-10H2,1-5H3. The molecule has 1 fully saturated rings. The van der Waals surface area contributed by atoms with Gasteiger partial charge in [0.1, 0.15) is 5.54 Å². The van der Waals surface area contributed by atoms with Crippen LogP contribution in [0.1, 0.15) is 42.0 Å². The van der Waals surface area contributed by atoms with E-state index in [1.54, 1.807) is 12.2 Å². The van der Waals surface area contributed by atoms with Crippen LogP contribution in [0.3, 0.4) is 0 Å². The maximum atomic E-state index is 13.5. The first-order chi connectivity index (χ1) is 12.9. The average Bonchev–Trinajstić information content (AvgIpc) is 2.84. The van der Waals surface area contributed by atoms with Crippen molar-refractivity contribution in [3.05, 3.63) is 40.1 Å². The molecule has 0 saturated carbocycles. The molecule has 0 aliphatic carbocycles. The first kappa shape index (κ1) is 20.6. The molecule has 0 radical (unpaired) electrons. The number of carbonyl (C=O) groups is 1. The number of hydroxylamine groups is 4. The summed E-state index contributed by atoms with van der Waals surface area (Å²) in [6.07, 6.45) is 1.39. The van der Waals surface area contributed by atoms with Gasteiger partial charge >= 0.3 is 0 Å². The summed E-state index contributed by atoms with van der Waals surface area (Å²) < 4.78 is 5.88. The molecule has 0 N–H and O–H groups in total. The van der Waals surface area contributed by atoms with Crippen LogP contribution >= 0.6 is 23.0 Å². The minimum atomic E-state index is -0.595. The third-order valence-electron chi connectivity index (χ3n) is 5.51. The van der Waals surface area contributed by atoms with E-state index in [0.29, 0.717) is 43.9 Å². The zero-order valence-corrected chi connectivity index (χ0v) is 18.8. The number of halogens is 1. The van der Waals surface area contributed by atoms with Crippen LogP contribution in [-0.2, 0) is 17.5 Å². The molecule has 3 rings (SSSR count). The number of rotatable bonds is 5. The second-order valence-corrected chi connectivity index (χ2v) is 7.66. The Bertz CT molecular complexity index is 746. The summed E-state index contributed by atoms with van der Waals surface area (Å²) in [4.78, 5) is 24.7. The van der Waals surface area contributed by atoms with Crippen molar-refractivity contribution in [1.29, 1.82) is 0 Å². The fourth-order valence-corrected chi connectivity index (χ4v) is 5.03. The highest BCUT2D eigenvalue weighted by atomic mass is 127. The Kier molecular flexibility index (Phi) is 6.14. The van der Waals surface area contributed by atoms with Crippen LogP contribution in [-0.4, -0.2) is 48.4 Å². The smallest absolute Gasteiger partial charge is 0.282 e. The topological polar surface area (TPSA) is 51.2 Å². The van der Waals surface area contributed by atoms with Gasteiger partial charge in [-0.1, -0.05) is 17.7 Å². The van der Waals surface area contributed by atoms with Gasteiger partial charge in [0.05, 0.1) is 19.3 Å². The number of amides is 1. The minimum Gasteiger partial charge on any atom is -0.429 e. The molecule has 0 unspecified atom stereocenters. The average molecular weight is 486 g/mol. The van der Waals surface area contributed by atoms with E-state index in [1.807, 2.05) is 48.8 Å². The predicted molar refractivity (Wildman–Crippen MR) is 112 cm³/mol. The molecule has 0 bridgehead atoms. The second-order valence-electron chi connectivity index (χ2n) is 7.22. The van der Waals surface area contributed by atoms with Crippen molar-refractivity contribution in [3.63, 3.8) is 0 Å².